The number of para-hydroxylation sites is 2. The molecule has 0 N–H and O–H groups in total. The summed E-state index contributed by atoms with van der Waals surface area (Å²) in [5.41, 5.74) is 4.09. The Balaban J connectivity index is 1.55. The molecule has 0 fully saturated rings. The van der Waals surface area contributed by atoms with Crippen molar-refractivity contribution in [3.05, 3.63) is 72.3 Å². The smallest absolute Gasteiger partial charge is 0.161 e. The number of allylic oxidation sites excluding steroid dienone is 1. The summed E-state index contributed by atoms with van der Waals surface area (Å²) in [6.45, 7) is 3.30. The molecule has 0 spiro atoms. The summed E-state index contributed by atoms with van der Waals surface area (Å²) in [5.74, 6) is 3.73. The molecule has 3 aromatic carbocycles. The first-order valence-electron chi connectivity index (χ1n) is 11.3. The monoisotopic (exact) mass is 458 g/mol. The number of hydrogen-bond acceptors (Lipinski definition) is 5. The van der Waals surface area contributed by atoms with E-state index >= 15 is 0 Å². The number of hydrogen-bond donors (Lipinski definition) is 0. The molecule has 176 valence electrons. The predicted molar refractivity (Wildman–Crippen MR) is 136 cm³/mol. The first-order chi connectivity index (χ1) is 16.7. The lowest BCUT2D eigenvalue weighted by atomic mass is 10.2. The predicted octanol–water partition coefficient (Wildman–Crippen LogP) is 6.23. The molecule has 1 aromatic heterocycles. The Kier molecular flexibility index (Phi) is 7.38. The summed E-state index contributed by atoms with van der Waals surface area (Å²) in [6, 6.07) is 20.0. The molecule has 6 heteroatoms. The van der Waals surface area contributed by atoms with Crippen LogP contribution in [0.25, 0.3) is 28.5 Å². The van der Waals surface area contributed by atoms with Crippen LogP contribution in [-0.2, 0) is 6.54 Å². The van der Waals surface area contributed by atoms with Crippen molar-refractivity contribution in [2.24, 2.45) is 0 Å². The Labute approximate surface area is 200 Å². The molecule has 34 heavy (non-hydrogen) atoms. The Morgan fingerprint density at radius 1 is 0.824 bits per heavy atom. The van der Waals surface area contributed by atoms with Gasteiger partial charge in [0.05, 0.1) is 39.0 Å². The molecule has 6 nitrogen and oxygen atoms in total. The van der Waals surface area contributed by atoms with Gasteiger partial charge in [0.2, 0.25) is 0 Å². The van der Waals surface area contributed by atoms with E-state index in [0.29, 0.717) is 18.1 Å². The number of aryl methyl sites for hydroxylation is 1. The largest absolute Gasteiger partial charge is 0.493 e. The van der Waals surface area contributed by atoms with Gasteiger partial charge in [0.1, 0.15) is 5.82 Å². The number of imidazole rings is 1. The van der Waals surface area contributed by atoms with E-state index in [1.807, 2.05) is 73.7 Å². The molecule has 0 atom stereocenters. The van der Waals surface area contributed by atoms with Crippen molar-refractivity contribution in [1.29, 1.82) is 0 Å². The van der Waals surface area contributed by atoms with E-state index < -0.39 is 0 Å². The number of fused-ring (bicyclic) bond motifs is 1. The van der Waals surface area contributed by atoms with Gasteiger partial charge in [0, 0.05) is 12.1 Å². The quantitative estimate of drug-likeness (QED) is 0.264. The minimum Gasteiger partial charge on any atom is -0.493 e. The van der Waals surface area contributed by atoms with Crippen LogP contribution in [0.15, 0.2) is 66.7 Å². The molecule has 0 aliphatic heterocycles. The van der Waals surface area contributed by atoms with E-state index in [2.05, 4.69) is 10.6 Å². The molecule has 0 radical (unpaired) electrons. The molecule has 4 rings (SSSR count). The molecule has 0 saturated heterocycles. The van der Waals surface area contributed by atoms with Gasteiger partial charge in [-0.2, -0.15) is 0 Å². The minimum absolute atomic E-state index is 0.553. The van der Waals surface area contributed by atoms with E-state index in [0.717, 1.165) is 52.4 Å². The summed E-state index contributed by atoms with van der Waals surface area (Å²) in [5, 5.41) is 0. The van der Waals surface area contributed by atoms with Crippen LogP contribution in [0.1, 0.15) is 18.9 Å². The first kappa shape index (κ1) is 23.2. The summed E-state index contributed by atoms with van der Waals surface area (Å²) in [4.78, 5) is 4.90. The molecule has 0 amide bonds. The normalized spacial score (nSPS) is 11.2. The van der Waals surface area contributed by atoms with E-state index in [9.17, 15) is 0 Å². The number of methoxy groups -OCH3 is 3. The Morgan fingerprint density at radius 3 is 2.32 bits per heavy atom. The van der Waals surface area contributed by atoms with Crippen molar-refractivity contribution in [1.82, 2.24) is 9.55 Å². The maximum atomic E-state index is 6.06. The van der Waals surface area contributed by atoms with Crippen LogP contribution in [-0.4, -0.2) is 37.5 Å². The number of aromatic nitrogens is 2. The zero-order valence-electron chi connectivity index (χ0n) is 20.1. The fourth-order valence-corrected chi connectivity index (χ4v) is 4.00. The number of nitrogens with zero attached hydrogens (tertiary/aromatic N) is 2. The molecular weight excluding hydrogens is 428 g/mol. The highest BCUT2D eigenvalue weighted by molar-refractivity contribution is 5.81. The lowest BCUT2D eigenvalue weighted by molar-refractivity contribution is 0.283. The van der Waals surface area contributed by atoms with Crippen molar-refractivity contribution in [2.75, 3.05) is 27.9 Å². The van der Waals surface area contributed by atoms with Crippen LogP contribution in [0.2, 0.25) is 0 Å². The maximum Gasteiger partial charge on any atom is 0.161 e. The summed E-state index contributed by atoms with van der Waals surface area (Å²) in [7, 11) is 4.94. The molecule has 0 bridgehead atoms. The van der Waals surface area contributed by atoms with Crippen molar-refractivity contribution in [2.45, 2.75) is 19.9 Å². The van der Waals surface area contributed by atoms with Crippen molar-refractivity contribution >= 4 is 17.1 Å². The fraction of sp³-hybridized carbons (Fsp3) is 0.250. The van der Waals surface area contributed by atoms with Crippen LogP contribution in [0.4, 0.5) is 0 Å². The van der Waals surface area contributed by atoms with Gasteiger partial charge in [-0.1, -0.05) is 30.4 Å². The van der Waals surface area contributed by atoms with Crippen LogP contribution < -0.4 is 18.9 Å². The highest BCUT2D eigenvalue weighted by Gasteiger charge is 2.15. The molecule has 4 aromatic rings. The van der Waals surface area contributed by atoms with Gasteiger partial charge in [-0.05, 0) is 61.4 Å². The van der Waals surface area contributed by atoms with Crippen molar-refractivity contribution in [3.63, 3.8) is 0 Å². The Morgan fingerprint density at radius 2 is 1.56 bits per heavy atom. The van der Waals surface area contributed by atoms with E-state index in [-0.39, 0.29) is 0 Å². The summed E-state index contributed by atoms with van der Waals surface area (Å²) in [6.07, 6.45) is 4.84. The molecule has 0 unspecified atom stereocenters. The third-order valence-electron chi connectivity index (χ3n) is 5.63. The zero-order chi connectivity index (χ0) is 23.9. The summed E-state index contributed by atoms with van der Waals surface area (Å²) >= 11 is 0. The van der Waals surface area contributed by atoms with Crippen LogP contribution in [0.5, 0.6) is 23.0 Å². The number of rotatable bonds is 10. The number of benzene rings is 3. The average molecular weight is 459 g/mol. The molecule has 0 aliphatic rings. The molecular formula is C28H30N2O4. The van der Waals surface area contributed by atoms with Crippen LogP contribution in [0, 0.1) is 0 Å². The summed E-state index contributed by atoms with van der Waals surface area (Å²) < 4.78 is 24.7. The second-order valence-corrected chi connectivity index (χ2v) is 7.76. The second-order valence-electron chi connectivity index (χ2n) is 7.76. The van der Waals surface area contributed by atoms with E-state index in [1.165, 1.54) is 0 Å². The lowest BCUT2D eigenvalue weighted by Gasteiger charge is -2.14. The van der Waals surface area contributed by atoms with Crippen LogP contribution >= 0.6 is 0 Å². The fourth-order valence-electron chi connectivity index (χ4n) is 4.00. The van der Waals surface area contributed by atoms with E-state index in [4.69, 9.17) is 23.9 Å². The molecule has 0 aliphatic carbocycles. The minimum atomic E-state index is 0.553. The average Bonchev–Trinajstić information content (AvgIpc) is 3.25. The lowest BCUT2D eigenvalue weighted by Crippen LogP contribution is -2.07. The third-order valence-corrected chi connectivity index (χ3v) is 5.63. The Bertz CT molecular complexity index is 1290. The second kappa shape index (κ2) is 10.8. The zero-order valence-corrected chi connectivity index (χ0v) is 20.1. The first-order valence-corrected chi connectivity index (χ1v) is 11.3. The van der Waals surface area contributed by atoms with Crippen molar-refractivity contribution < 1.29 is 18.9 Å². The van der Waals surface area contributed by atoms with Gasteiger partial charge in [-0.15, -0.1) is 0 Å². The maximum absolute atomic E-state index is 6.06. The van der Waals surface area contributed by atoms with Crippen LogP contribution in [0.3, 0.4) is 0 Å². The molecule has 0 saturated carbocycles. The van der Waals surface area contributed by atoms with Crippen molar-refractivity contribution in [3.8, 4) is 34.4 Å². The van der Waals surface area contributed by atoms with Gasteiger partial charge in [-0.25, -0.2) is 4.98 Å². The molecule has 1 heterocycles. The van der Waals surface area contributed by atoms with Gasteiger partial charge < -0.3 is 23.5 Å². The SMILES string of the molecule is C/C=C/c1ccc(OCCCn2c(-c3ccc(OC)c(OC)c3)nc3ccccc32)c(OC)c1. The topological polar surface area (TPSA) is 54.7 Å². The number of ether oxygens (including phenoxy) is 4. The Hall–Kier alpha value is -3.93. The van der Waals surface area contributed by atoms with Gasteiger partial charge in [0.15, 0.2) is 23.0 Å². The highest BCUT2D eigenvalue weighted by Crippen LogP contribution is 2.34. The van der Waals surface area contributed by atoms with Gasteiger partial charge in [0.25, 0.3) is 0 Å². The standard InChI is InChI=1S/C28H30N2O4/c1-5-9-20-12-14-25(26(18-20)32-3)34-17-8-16-30-23-11-7-6-10-22(23)29-28(30)21-13-15-24(31-2)27(19-21)33-4/h5-7,9-15,18-19H,8,16-17H2,1-4H3/b9-5+. The third kappa shape index (κ3) is 4.86. The highest BCUT2D eigenvalue weighted by atomic mass is 16.5. The van der Waals surface area contributed by atoms with Gasteiger partial charge in [-0.3, -0.25) is 0 Å². The van der Waals surface area contributed by atoms with E-state index in [1.54, 1.807) is 21.3 Å². The van der Waals surface area contributed by atoms with Gasteiger partial charge >= 0.3 is 0 Å².